The molecule has 0 radical (unpaired) electrons. The predicted molar refractivity (Wildman–Crippen MR) is 108 cm³/mol. The molecule has 1 amide bonds. The summed E-state index contributed by atoms with van der Waals surface area (Å²) in [5.74, 6) is 0.385. The molecule has 2 fully saturated rings. The molecule has 2 aromatic carbocycles. The number of ketones is 1. The van der Waals surface area contributed by atoms with E-state index in [2.05, 4.69) is 4.90 Å². The van der Waals surface area contributed by atoms with Crippen molar-refractivity contribution in [3.05, 3.63) is 47.5 Å². The number of rotatable bonds is 4. The molecule has 1 unspecified atom stereocenters. The molecular weight excluding hydrogens is 336 g/mol. The third kappa shape index (κ3) is 3.63. The first kappa shape index (κ1) is 18.2. The third-order valence-corrected chi connectivity index (χ3v) is 6.19. The molecule has 0 spiro atoms. The molecule has 2 aliphatic rings. The Bertz CT molecular complexity index is 870. The van der Waals surface area contributed by atoms with Crippen molar-refractivity contribution in [2.45, 2.75) is 38.1 Å². The average Bonchev–Trinajstić information content (AvgIpc) is 2.64. The first-order valence-corrected chi connectivity index (χ1v) is 10.1. The zero-order valence-electron chi connectivity index (χ0n) is 16.3. The van der Waals surface area contributed by atoms with Gasteiger partial charge in [-0.15, -0.1) is 0 Å². The minimum atomic E-state index is -0.00431. The highest BCUT2D eigenvalue weighted by atomic mass is 16.2. The summed E-state index contributed by atoms with van der Waals surface area (Å²) in [7, 11) is 3.51. The molecule has 142 valence electrons. The van der Waals surface area contributed by atoms with Gasteiger partial charge in [0.15, 0.2) is 5.78 Å². The van der Waals surface area contributed by atoms with Gasteiger partial charge < -0.3 is 4.90 Å². The fourth-order valence-electron chi connectivity index (χ4n) is 4.33. The van der Waals surface area contributed by atoms with Crippen LogP contribution in [0.1, 0.15) is 52.8 Å². The summed E-state index contributed by atoms with van der Waals surface area (Å²) in [6, 6.07) is 12.3. The van der Waals surface area contributed by atoms with Crippen LogP contribution in [0, 0.1) is 5.92 Å². The van der Waals surface area contributed by atoms with Crippen molar-refractivity contribution in [1.82, 2.24) is 9.80 Å². The molecule has 27 heavy (non-hydrogen) atoms. The van der Waals surface area contributed by atoms with Gasteiger partial charge in [-0.25, -0.2) is 0 Å². The Morgan fingerprint density at radius 1 is 0.926 bits per heavy atom. The average molecular weight is 364 g/mol. The highest BCUT2D eigenvalue weighted by Crippen LogP contribution is 2.30. The summed E-state index contributed by atoms with van der Waals surface area (Å²) >= 11 is 0. The first-order valence-electron chi connectivity index (χ1n) is 10.1. The van der Waals surface area contributed by atoms with E-state index >= 15 is 0 Å². The minimum absolute atomic E-state index is 0.00431. The molecule has 1 saturated heterocycles. The lowest BCUT2D eigenvalue weighted by Crippen LogP contribution is -2.47. The number of carbonyl (C=O) groups excluding carboxylic acids is 2. The molecule has 1 aliphatic carbocycles. The summed E-state index contributed by atoms with van der Waals surface area (Å²) in [5, 5.41) is 2.02. The molecule has 4 heteroatoms. The van der Waals surface area contributed by atoms with Crippen molar-refractivity contribution in [2.24, 2.45) is 5.92 Å². The summed E-state index contributed by atoms with van der Waals surface area (Å²) < 4.78 is 0. The number of hydrogen-bond donors (Lipinski definition) is 0. The number of amides is 1. The van der Waals surface area contributed by atoms with Gasteiger partial charge in [0.2, 0.25) is 0 Å². The second-order valence-electron chi connectivity index (χ2n) is 8.26. The van der Waals surface area contributed by atoms with Crippen molar-refractivity contribution >= 4 is 22.5 Å². The molecule has 1 saturated carbocycles. The van der Waals surface area contributed by atoms with E-state index in [1.54, 1.807) is 19.0 Å². The zero-order valence-corrected chi connectivity index (χ0v) is 16.3. The summed E-state index contributed by atoms with van der Waals surface area (Å²) in [6.45, 7) is 2.06. The summed E-state index contributed by atoms with van der Waals surface area (Å²) in [5.41, 5.74) is 1.48. The van der Waals surface area contributed by atoms with Crippen molar-refractivity contribution in [3.63, 3.8) is 0 Å². The van der Waals surface area contributed by atoms with E-state index in [-0.39, 0.29) is 17.6 Å². The van der Waals surface area contributed by atoms with Gasteiger partial charge in [-0.05, 0) is 61.2 Å². The van der Waals surface area contributed by atoms with Crippen LogP contribution in [-0.2, 0) is 0 Å². The normalized spacial score (nSPS) is 21.0. The van der Waals surface area contributed by atoms with Gasteiger partial charge in [0, 0.05) is 43.7 Å². The molecule has 1 aliphatic heterocycles. The Labute approximate surface area is 161 Å². The van der Waals surface area contributed by atoms with Gasteiger partial charge in [-0.2, -0.15) is 0 Å². The Balaban J connectivity index is 1.53. The van der Waals surface area contributed by atoms with Gasteiger partial charge in [0.05, 0.1) is 0 Å². The fourth-order valence-corrected chi connectivity index (χ4v) is 4.33. The van der Waals surface area contributed by atoms with E-state index in [9.17, 15) is 9.59 Å². The van der Waals surface area contributed by atoms with Crippen LogP contribution in [0.25, 0.3) is 10.8 Å². The van der Waals surface area contributed by atoms with Crippen molar-refractivity contribution in [2.75, 3.05) is 27.2 Å². The van der Waals surface area contributed by atoms with E-state index in [0.29, 0.717) is 11.6 Å². The van der Waals surface area contributed by atoms with Crippen molar-refractivity contribution in [1.29, 1.82) is 0 Å². The molecule has 1 atom stereocenters. The Hall–Kier alpha value is -2.20. The Kier molecular flexibility index (Phi) is 5.00. The predicted octanol–water partition coefficient (Wildman–Crippen LogP) is 3.99. The molecule has 4 nitrogen and oxygen atoms in total. The monoisotopic (exact) mass is 364 g/mol. The lowest BCUT2D eigenvalue weighted by atomic mass is 9.85. The van der Waals surface area contributed by atoms with Crippen LogP contribution < -0.4 is 0 Å². The van der Waals surface area contributed by atoms with E-state index in [1.165, 1.54) is 19.3 Å². The van der Waals surface area contributed by atoms with Gasteiger partial charge in [0.25, 0.3) is 5.91 Å². The van der Waals surface area contributed by atoms with Crippen LogP contribution in [0.2, 0.25) is 0 Å². The van der Waals surface area contributed by atoms with Crippen LogP contribution in [-0.4, -0.2) is 54.7 Å². The Morgan fingerprint density at radius 3 is 2.22 bits per heavy atom. The smallest absolute Gasteiger partial charge is 0.253 e. The van der Waals surface area contributed by atoms with Crippen LogP contribution in [0.5, 0.6) is 0 Å². The molecule has 0 N–H and O–H groups in total. The number of benzene rings is 2. The van der Waals surface area contributed by atoms with E-state index in [0.717, 1.165) is 42.3 Å². The highest BCUT2D eigenvalue weighted by molar-refractivity contribution is 6.03. The SMILES string of the molecule is CN(C)C(=O)c1ccc2cc(C(=O)C3CCCN(C4CCC4)C3)ccc2c1. The van der Waals surface area contributed by atoms with E-state index < -0.39 is 0 Å². The van der Waals surface area contributed by atoms with Gasteiger partial charge in [-0.3, -0.25) is 14.5 Å². The number of fused-ring (bicyclic) bond motifs is 1. The fraction of sp³-hybridized carbons (Fsp3) is 0.478. The summed E-state index contributed by atoms with van der Waals surface area (Å²) in [6.07, 6.45) is 6.05. The van der Waals surface area contributed by atoms with Gasteiger partial charge >= 0.3 is 0 Å². The first-order chi connectivity index (χ1) is 13.0. The minimum Gasteiger partial charge on any atom is -0.345 e. The second kappa shape index (κ2) is 7.43. The molecule has 2 aromatic rings. The lowest BCUT2D eigenvalue weighted by molar-refractivity contribution is 0.0612. The maximum Gasteiger partial charge on any atom is 0.253 e. The third-order valence-electron chi connectivity index (χ3n) is 6.19. The molecular formula is C23H28N2O2. The van der Waals surface area contributed by atoms with Crippen LogP contribution >= 0.6 is 0 Å². The largest absolute Gasteiger partial charge is 0.345 e. The highest BCUT2D eigenvalue weighted by Gasteiger charge is 2.32. The Morgan fingerprint density at radius 2 is 1.59 bits per heavy atom. The van der Waals surface area contributed by atoms with Crippen molar-refractivity contribution in [3.8, 4) is 0 Å². The number of hydrogen-bond acceptors (Lipinski definition) is 3. The lowest BCUT2D eigenvalue weighted by Gasteiger charge is -2.42. The van der Waals surface area contributed by atoms with Crippen LogP contribution in [0.3, 0.4) is 0 Å². The second-order valence-corrected chi connectivity index (χ2v) is 8.26. The van der Waals surface area contributed by atoms with Gasteiger partial charge in [0.1, 0.15) is 0 Å². The number of piperidine rings is 1. The molecule has 4 rings (SSSR count). The maximum atomic E-state index is 13.1. The maximum absolute atomic E-state index is 13.1. The van der Waals surface area contributed by atoms with E-state index in [4.69, 9.17) is 0 Å². The van der Waals surface area contributed by atoms with Crippen LogP contribution in [0.15, 0.2) is 36.4 Å². The standard InChI is InChI=1S/C23H28N2O2/c1-24(2)23(27)19-11-9-16-13-18(10-8-17(16)14-19)22(26)20-5-4-12-25(15-20)21-6-3-7-21/h8-11,13-14,20-21H,3-7,12,15H2,1-2H3. The quantitative estimate of drug-likeness (QED) is 0.770. The number of likely N-dealkylation sites (tertiary alicyclic amines) is 1. The van der Waals surface area contributed by atoms with Crippen LogP contribution in [0.4, 0.5) is 0 Å². The number of nitrogens with zero attached hydrogens (tertiary/aromatic N) is 2. The zero-order chi connectivity index (χ0) is 19.0. The molecule has 0 bridgehead atoms. The number of Topliss-reactive ketones (excluding diaryl/α,β-unsaturated/α-hetero) is 1. The topological polar surface area (TPSA) is 40.6 Å². The summed E-state index contributed by atoms with van der Waals surface area (Å²) in [4.78, 5) is 29.4. The molecule has 1 heterocycles. The number of carbonyl (C=O) groups is 2. The van der Waals surface area contributed by atoms with E-state index in [1.807, 2.05) is 36.4 Å². The van der Waals surface area contributed by atoms with Gasteiger partial charge in [-0.1, -0.05) is 24.6 Å². The molecule has 0 aromatic heterocycles. The van der Waals surface area contributed by atoms with Crippen molar-refractivity contribution < 1.29 is 9.59 Å².